The average Bonchev–Trinajstić information content (AvgIpc) is 3.06. The number of aromatic nitrogens is 5. The van der Waals surface area contributed by atoms with Gasteiger partial charge in [0.25, 0.3) is 0 Å². The molecule has 5 rings (SSSR count). The first-order valence-corrected chi connectivity index (χ1v) is 14.0. The molecule has 0 aliphatic rings. The summed E-state index contributed by atoms with van der Waals surface area (Å²) >= 11 is 0. The second-order valence-corrected chi connectivity index (χ2v) is 10.0. The molecule has 0 amide bonds. The van der Waals surface area contributed by atoms with Gasteiger partial charge in [0.2, 0.25) is 11.8 Å². The van der Waals surface area contributed by atoms with Crippen LogP contribution >= 0.6 is 0 Å². The van der Waals surface area contributed by atoms with E-state index in [2.05, 4.69) is 20.3 Å². The van der Waals surface area contributed by atoms with Crippen molar-refractivity contribution in [3.05, 3.63) is 101 Å². The largest absolute Gasteiger partial charge is 0.497 e. The van der Waals surface area contributed by atoms with Crippen LogP contribution in [0.1, 0.15) is 22.5 Å². The Balaban J connectivity index is 1.56. The minimum absolute atomic E-state index is 0.124. The third-order valence-electron chi connectivity index (χ3n) is 6.85. The van der Waals surface area contributed by atoms with E-state index in [1.807, 2.05) is 53.4 Å². The van der Waals surface area contributed by atoms with Gasteiger partial charge in [0.15, 0.2) is 11.6 Å². The van der Waals surface area contributed by atoms with Crippen LogP contribution in [0.15, 0.2) is 73.1 Å². The predicted octanol–water partition coefficient (Wildman–Crippen LogP) is 5.49. The Hall–Kier alpha value is -5.65. The fourth-order valence-corrected chi connectivity index (χ4v) is 4.60. The van der Waals surface area contributed by atoms with Gasteiger partial charge in [-0.3, -0.25) is 0 Å². The minimum atomic E-state index is -0.632. The van der Waals surface area contributed by atoms with Crippen molar-refractivity contribution < 1.29 is 23.4 Å². The van der Waals surface area contributed by atoms with Crippen LogP contribution in [-0.4, -0.2) is 52.5 Å². The topological polar surface area (TPSA) is 124 Å². The first-order valence-electron chi connectivity index (χ1n) is 14.0. The number of methoxy groups -OCH3 is 3. The van der Waals surface area contributed by atoms with Crippen LogP contribution in [0.5, 0.6) is 17.4 Å². The lowest BCUT2D eigenvalue weighted by Gasteiger charge is -2.24. The van der Waals surface area contributed by atoms with E-state index in [0.29, 0.717) is 53.3 Å². The van der Waals surface area contributed by atoms with E-state index < -0.39 is 5.82 Å². The van der Waals surface area contributed by atoms with Crippen molar-refractivity contribution in [2.75, 3.05) is 31.5 Å². The highest BCUT2D eigenvalue weighted by Crippen LogP contribution is 2.30. The van der Waals surface area contributed by atoms with Crippen molar-refractivity contribution in [3.63, 3.8) is 0 Å². The maximum atomic E-state index is 14.4. The van der Waals surface area contributed by atoms with E-state index in [0.717, 1.165) is 28.9 Å². The molecule has 0 saturated heterocycles. The van der Waals surface area contributed by atoms with Gasteiger partial charge in [-0.05, 0) is 53.9 Å². The van der Waals surface area contributed by atoms with E-state index in [4.69, 9.17) is 24.2 Å². The van der Waals surface area contributed by atoms with Crippen LogP contribution in [0.3, 0.4) is 0 Å². The van der Waals surface area contributed by atoms with Crippen LogP contribution in [0.25, 0.3) is 11.4 Å². The summed E-state index contributed by atoms with van der Waals surface area (Å²) in [7, 11) is 4.60. The third kappa shape index (κ3) is 7.66. The lowest BCUT2D eigenvalue weighted by Crippen LogP contribution is -2.25. The lowest BCUT2D eigenvalue weighted by molar-refractivity contribution is -0.107. The highest BCUT2D eigenvalue weighted by atomic mass is 19.1. The van der Waals surface area contributed by atoms with Crippen LogP contribution < -0.4 is 24.4 Å². The second-order valence-electron chi connectivity index (χ2n) is 10.0. The summed E-state index contributed by atoms with van der Waals surface area (Å²) in [5.74, 6) is 2.36. The van der Waals surface area contributed by atoms with Crippen molar-refractivity contribution in [1.29, 1.82) is 0 Å². The summed E-state index contributed by atoms with van der Waals surface area (Å²) in [5, 5.41) is 3.11. The number of aryl methyl sites for hydroxylation is 1. The van der Waals surface area contributed by atoms with Gasteiger partial charge in [-0.2, -0.15) is 9.97 Å². The maximum absolute atomic E-state index is 14.4. The van der Waals surface area contributed by atoms with E-state index in [-0.39, 0.29) is 12.3 Å². The molecule has 45 heavy (non-hydrogen) atoms. The van der Waals surface area contributed by atoms with Gasteiger partial charge in [-0.1, -0.05) is 24.3 Å². The molecule has 230 valence electrons. The Labute approximate surface area is 260 Å². The number of ether oxygens (including phenoxy) is 3. The van der Waals surface area contributed by atoms with E-state index in [1.165, 1.54) is 19.4 Å². The molecule has 0 aliphatic carbocycles. The van der Waals surface area contributed by atoms with Crippen LogP contribution in [0.4, 0.5) is 21.8 Å². The number of hydrogen-bond acceptors (Lipinski definition) is 11. The predicted molar refractivity (Wildman–Crippen MR) is 167 cm³/mol. The SMILES string of the molecule is COc1ccc(CN(Cc2ccc(OC)cc2)c2nc(C)nc(-c3cc(CC=O)cnc3Nc3cnc(OC)c(F)c3)n2)cc1. The minimum Gasteiger partial charge on any atom is -0.497 e. The number of carbonyl (C=O) groups is 1. The van der Waals surface area contributed by atoms with Gasteiger partial charge in [0.1, 0.15) is 29.4 Å². The standard InChI is InChI=1S/C33H32FN7O4/c1-21-37-31(28-15-24(13-14-42)17-35-30(28)39-25-16-29(34)32(45-4)36-18-25)40-33(38-21)41(19-22-5-9-26(43-2)10-6-22)20-23-7-11-27(44-3)12-8-23/h5-12,14-18H,13,19-20H2,1-4H3,(H,35,39). The zero-order valence-electron chi connectivity index (χ0n) is 25.3. The van der Waals surface area contributed by atoms with E-state index in [9.17, 15) is 9.18 Å². The second kappa shape index (κ2) is 14.2. The summed E-state index contributed by atoms with van der Waals surface area (Å²) < 4.78 is 30.0. The van der Waals surface area contributed by atoms with Crippen molar-refractivity contribution in [2.24, 2.45) is 0 Å². The Morgan fingerprint density at radius 2 is 1.44 bits per heavy atom. The fourth-order valence-electron chi connectivity index (χ4n) is 4.60. The third-order valence-corrected chi connectivity index (χ3v) is 6.85. The molecule has 0 radical (unpaired) electrons. The quantitative estimate of drug-likeness (QED) is 0.170. The molecule has 1 N–H and O–H groups in total. The molecule has 0 bridgehead atoms. The summed E-state index contributed by atoms with van der Waals surface area (Å²) in [6, 6.07) is 18.6. The molecule has 5 aromatic rings. The number of halogens is 1. The van der Waals surface area contributed by atoms with Crippen LogP contribution in [0, 0.1) is 12.7 Å². The molecule has 12 heteroatoms. The zero-order chi connectivity index (χ0) is 31.8. The smallest absolute Gasteiger partial charge is 0.250 e. The molecule has 11 nitrogen and oxygen atoms in total. The number of nitrogens with zero attached hydrogens (tertiary/aromatic N) is 6. The Kier molecular flexibility index (Phi) is 9.73. The number of benzene rings is 2. The normalized spacial score (nSPS) is 10.7. The summed E-state index contributed by atoms with van der Waals surface area (Å²) in [4.78, 5) is 36.1. The molecule has 0 atom stereocenters. The van der Waals surface area contributed by atoms with Crippen molar-refractivity contribution >= 4 is 23.7 Å². The maximum Gasteiger partial charge on any atom is 0.250 e. The Bertz CT molecular complexity index is 1720. The number of hydrogen-bond donors (Lipinski definition) is 1. The fraction of sp³-hybridized carbons (Fsp3) is 0.212. The molecule has 0 unspecified atom stereocenters. The van der Waals surface area contributed by atoms with Gasteiger partial charge in [-0.25, -0.2) is 19.3 Å². The first kappa shape index (κ1) is 30.8. The molecular formula is C33H32FN7O4. The number of carbonyl (C=O) groups excluding carboxylic acids is 1. The Morgan fingerprint density at radius 3 is 2.00 bits per heavy atom. The summed E-state index contributed by atoms with van der Waals surface area (Å²) in [6.45, 7) is 2.76. The number of anilines is 3. The monoisotopic (exact) mass is 609 g/mol. The molecular weight excluding hydrogens is 577 g/mol. The Morgan fingerprint density at radius 1 is 0.800 bits per heavy atom. The summed E-state index contributed by atoms with van der Waals surface area (Å²) in [5.41, 5.74) is 3.56. The van der Waals surface area contributed by atoms with Crippen molar-refractivity contribution in [2.45, 2.75) is 26.4 Å². The lowest BCUT2D eigenvalue weighted by atomic mass is 10.1. The van der Waals surface area contributed by atoms with Crippen molar-refractivity contribution in [3.8, 4) is 28.8 Å². The van der Waals surface area contributed by atoms with Gasteiger partial charge < -0.3 is 29.2 Å². The van der Waals surface area contributed by atoms with Gasteiger partial charge in [-0.15, -0.1) is 0 Å². The van der Waals surface area contributed by atoms with E-state index >= 15 is 0 Å². The molecule has 0 saturated carbocycles. The number of pyridine rings is 2. The molecule has 0 fully saturated rings. The highest BCUT2D eigenvalue weighted by Gasteiger charge is 2.19. The molecule has 0 aliphatic heterocycles. The van der Waals surface area contributed by atoms with Gasteiger partial charge >= 0.3 is 0 Å². The first-order chi connectivity index (χ1) is 21.9. The number of nitrogens with one attached hydrogen (secondary N) is 1. The number of rotatable bonds is 13. The zero-order valence-corrected chi connectivity index (χ0v) is 25.3. The van der Waals surface area contributed by atoms with Crippen LogP contribution in [0.2, 0.25) is 0 Å². The molecule has 2 aromatic carbocycles. The van der Waals surface area contributed by atoms with Crippen LogP contribution in [-0.2, 0) is 24.3 Å². The van der Waals surface area contributed by atoms with Crippen molar-refractivity contribution in [1.82, 2.24) is 24.9 Å². The molecule has 3 aromatic heterocycles. The molecule has 0 spiro atoms. The molecule has 3 heterocycles. The van der Waals surface area contributed by atoms with Gasteiger partial charge in [0, 0.05) is 31.8 Å². The average molecular weight is 610 g/mol. The number of aldehydes is 1. The van der Waals surface area contributed by atoms with E-state index in [1.54, 1.807) is 33.4 Å². The summed E-state index contributed by atoms with van der Waals surface area (Å²) in [6.07, 6.45) is 3.95. The van der Waals surface area contributed by atoms with Gasteiger partial charge in [0.05, 0.1) is 38.8 Å². The highest BCUT2D eigenvalue weighted by molar-refractivity contribution is 5.76.